The zero-order chi connectivity index (χ0) is 21.1. The van der Waals surface area contributed by atoms with Crippen molar-refractivity contribution in [3.05, 3.63) is 68.6 Å². The minimum Gasteiger partial charge on any atom is -0.508 e. The number of benzene rings is 2. The second-order valence-corrected chi connectivity index (χ2v) is 6.92. The Morgan fingerprint density at radius 3 is 2.55 bits per heavy atom. The predicted octanol–water partition coefficient (Wildman–Crippen LogP) is 3.62. The van der Waals surface area contributed by atoms with E-state index in [1.165, 1.54) is 41.3 Å². The molecule has 0 radical (unpaired) electrons. The molecule has 0 aromatic heterocycles. The molecule has 2 aromatic rings. The predicted molar refractivity (Wildman–Crippen MR) is 108 cm³/mol. The Balaban J connectivity index is 1.96. The lowest BCUT2D eigenvalue weighted by Crippen LogP contribution is -2.28. The summed E-state index contributed by atoms with van der Waals surface area (Å²) in [6.07, 6.45) is 1.59. The highest BCUT2D eigenvalue weighted by molar-refractivity contribution is 8.18. The highest BCUT2D eigenvalue weighted by atomic mass is 32.2. The molecule has 1 amide bonds. The zero-order valence-electron chi connectivity index (χ0n) is 15.1. The molecule has 1 saturated heterocycles. The van der Waals surface area contributed by atoms with Crippen molar-refractivity contribution in [2.45, 2.75) is 6.92 Å². The molecule has 1 fully saturated rings. The number of thioether (sulfide) groups is 1. The second kappa shape index (κ2) is 8.15. The number of hydrogen-bond acceptors (Lipinski definition) is 7. The van der Waals surface area contributed by atoms with E-state index in [4.69, 9.17) is 0 Å². The maximum atomic E-state index is 12.7. The number of aliphatic imine (C=N–C) groups is 1. The Morgan fingerprint density at radius 1 is 1.28 bits per heavy atom. The van der Waals surface area contributed by atoms with Crippen LogP contribution in [0.5, 0.6) is 5.75 Å². The molecule has 0 bridgehead atoms. The summed E-state index contributed by atoms with van der Waals surface area (Å²) in [5.41, 5.74) is 0.484. The summed E-state index contributed by atoms with van der Waals surface area (Å²) in [4.78, 5) is 40.4. The number of carbonyl (C=O) groups excluding carboxylic acids is 1. The number of hydrogen-bond donors (Lipinski definition) is 2. The van der Waals surface area contributed by atoms with Gasteiger partial charge in [0.25, 0.3) is 11.6 Å². The fourth-order valence-electron chi connectivity index (χ4n) is 2.61. The van der Waals surface area contributed by atoms with Crippen LogP contribution < -0.4 is 0 Å². The van der Waals surface area contributed by atoms with Gasteiger partial charge in [-0.2, -0.15) is 0 Å². The maximum absolute atomic E-state index is 12.7. The summed E-state index contributed by atoms with van der Waals surface area (Å²) in [6, 6.07) is 9.53. The van der Waals surface area contributed by atoms with Gasteiger partial charge in [-0.05, 0) is 60.7 Å². The van der Waals surface area contributed by atoms with Crippen molar-refractivity contribution in [1.29, 1.82) is 0 Å². The molecule has 0 atom stereocenters. The third kappa shape index (κ3) is 4.27. The average Bonchev–Trinajstić information content (AvgIpc) is 2.97. The first-order valence-electron chi connectivity index (χ1n) is 8.41. The molecule has 10 heteroatoms. The summed E-state index contributed by atoms with van der Waals surface area (Å²) in [7, 11) is 0. The number of non-ortho nitro benzene ring substituents is 1. The molecule has 0 spiro atoms. The molecule has 2 N–H and O–H groups in total. The van der Waals surface area contributed by atoms with E-state index < -0.39 is 10.9 Å². The van der Waals surface area contributed by atoms with Crippen LogP contribution in [-0.2, 0) is 4.79 Å². The van der Waals surface area contributed by atoms with E-state index in [1.807, 2.05) is 0 Å². The molecule has 0 aliphatic carbocycles. The number of rotatable bonds is 5. The van der Waals surface area contributed by atoms with Crippen molar-refractivity contribution < 1.29 is 24.7 Å². The van der Waals surface area contributed by atoms with Crippen LogP contribution in [0.4, 0.5) is 11.4 Å². The number of aromatic hydroxyl groups is 1. The van der Waals surface area contributed by atoms with Crippen molar-refractivity contribution >= 4 is 46.3 Å². The van der Waals surface area contributed by atoms with Gasteiger partial charge in [0, 0.05) is 18.7 Å². The van der Waals surface area contributed by atoms with Gasteiger partial charge in [-0.15, -0.1) is 0 Å². The first-order chi connectivity index (χ1) is 13.8. The Hall–Kier alpha value is -3.66. The number of aromatic carboxylic acids is 1. The summed E-state index contributed by atoms with van der Waals surface area (Å²) in [5.74, 6) is -1.75. The summed E-state index contributed by atoms with van der Waals surface area (Å²) in [5, 5.41) is 29.9. The molecule has 3 rings (SSSR count). The topological polar surface area (TPSA) is 133 Å². The average molecular weight is 413 g/mol. The number of phenols is 1. The lowest BCUT2D eigenvalue weighted by atomic mass is 10.2. The first-order valence-corrected chi connectivity index (χ1v) is 9.22. The van der Waals surface area contributed by atoms with Crippen molar-refractivity contribution in [1.82, 2.24) is 4.90 Å². The number of likely N-dealkylation sites (N-methyl/N-ethyl adjacent to an activating group) is 1. The van der Waals surface area contributed by atoms with Crippen LogP contribution >= 0.6 is 11.8 Å². The molecular formula is C19H15N3O6S. The van der Waals surface area contributed by atoms with E-state index in [2.05, 4.69) is 4.99 Å². The number of nitro benzene ring substituents is 1. The number of nitro groups is 1. The van der Waals surface area contributed by atoms with E-state index >= 15 is 0 Å². The summed E-state index contributed by atoms with van der Waals surface area (Å²) >= 11 is 1.07. The van der Waals surface area contributed by atoms with Crippen LogP contribution in [0.3, 0.4) is 0 Å². The number of carboxylic acid groups (broad SMARTS) is 1. The third-order valence-corrected chi connectivity index (χ3v) is 5.04. The van der Waals surface area contributed by atoms with Gasteiger partial charge >= 0.3 is 5.97 Å². The highest BCUT2D eigenvalue weighted by Crippen LogP contribution is 2.35. The smallest absolute Gasteiger partial charge is 0.338 e. The van der Waals surface area contributed by atoms with Crippen LogP contribution in [0.25, 0.3) is 6.08 Å². The number of carboxylic acids is 1. The van der Waals surface area contributed by atoms with Crippen molar-refractivity contribution in [2.75, 3.05) is 6.54 Å². The van der Waals surface area contributed by atoms with E-state index in [0.717, 1.165) is 17.8 Å². The van der Waals surface area contributed by atoms with Crippen LogP contribution in [0.1, 0.15) is 22.8 Å². The lowest BCUT2D eigenvalue weighted by molar-refractivity contribution is -0.384. The molecule has 29 heavy (non-hydrogen) atoms. The molecule has 1 aliphatic heterocycles. The molecule has 0 unspecified atom stereocenters. The highest BCUT2D eigenvalue weighted by Gasteiger charge is 2.32. The van der Waals surface area contributed by atoms with E-state index in [-0.39, 0.29) is 28.6 Å². The lowest BCUT2D eigenvalue weighted by Gasteiger charge is -2.12. The van der Waals surface area contributed by atoms with Crippen LogP contribution in [-0.4, -0.2) is 43.6 Å². The standard InChI is InChI=1S/C19H15N3O6S/c1-2-21-17(24)16(9-11-3-5-12(6-4-11)22(27)28)29-19(21)20-15-8-7-13(23)10-14(15)18(25)26/h3-10,23H,2H2,1H3,(H,25,26)/b16-9-,20-19?. The molecular weight excluding hydrogens is 398 g/mol. The molecule has 2 aromatic carbocycles. The van der Waals surface area contributed by atoms with Gasteiger partial charge in [0.15, 0.2) is 5.17 Å². The van der Waals surface area contributed by atoms with Crippen LogP contribution in [0.2, 0.25) is 0 Å². The first kappa shape index (κ1) is 20.1. The number of carbonyl (C=O) groups is 2. The van der Waals surface area contributed by atoms with Gasteiger partial charge in [-0.25, -0.2) is 9.79 Å². The Labute approximate surface area is 169 Å². The van der Waals surface area contributed by atoms with Crippen molar-refractivity contribution in [3.63, 3.8) is 0 Å². The summed E-state index contributed by atoms with van der Waals surface area (Å²) in [6.45, 7) is 2.08. The second-order valence-electron chi connectivity index (χ2n) is 5.91. The number of amides is 1. The van der Waals surface area contributed by atoms with E-state index in [1.54, 1.807) is 13.0 Å². The van der Waals surface area contributed by atoms with Crippen LogP contribution in [0, 0.1) is 10.1 Å². The minimum atomic E-state index is -1.25. The number of phenolic OH excluding ortho intramolecular Hbond substituents is 1. The Bertz CT molecular complexity index is 1060. The molecule has 0 saturated carbocycles. The quantitative estimate of drug-likeness (QED) is 0.434. The van der Waals surface area contributed by atoms with Gasteiger partial charge in [-0.3, -0.25) is 19.8 Å². The molecule has 1 aliphatic rings. The minimum absolute atomic E-state index is 0.0523. The van der Waals surface area contributed by atoms with Gasteiger partial charge in [0.1, 0.15) is 5.75 Å². The molecule has 148 valence electrons. The monoisotopic (exact) mass is 413 g/mol. The number of amidine groups is 1. The zero-order valence-corrected chi connectivity index (χ0v) is 15.9. The van der Waals surface area contributed by atoms with Crippen molar-refractivity contribution in [2.24, 2.45) is 4.99 Å². The van der Waals surface area contributed by atoms with Crippen LogP contribution in [0.15, 0.2) is 52.4 Å². The van der Waals surface area contributed by atoms with E-state index in [0.29, 0.717) is 22.2 Å². The Morgan fingerprint density at radius 2 is 1.97 bits per heavy atom. The molecule has 9 nitrogen and oxygen atoms in total. The normalized spacial score (nSPS) is 16.6. The van der Waals surface area contributed by atoms with Crippen molar-refractivity contribution in [3.8, 4) is 5.75 Å². The van der Waals surface area contributed by atoms with Gasteiger partial charge in [0.2, 0.25) is 0 Å². The maximum Gasteiger partial charge on any atom is 0.338 e. The fourth-order valence-corrected chi connectivity index (χ4v) is 3.67. The Kier molecular flexibility index (Phi) is 5.64. The fraction of sp³-hybridized carbons (Fsp3) is 0.105. The number of nitrogens with zero attached hydrogens (tertiary/aromatic N) is 3. The molecule has 1 heterocycles. The van der Waals surface area contributed by atoms with Gasteiger partial charge in [0.05, 0.1) is 21.1 Å². The van der Waals surface area contributed by atoms with Gasteiger partial charge < -0.3 is 10.2 Å². The SMILES string of the molecule is CCN1C(=O)/C(=C/c2ccc([N+](=O)[O-])cc2)SC1=Nc1ccc(O)cc1C(=O)O. The van der Waals surface area contributed by atoms with Gasteiger partial charge in [-0.1, -0.05) is 0 Å². The summed E-state index contributed by atoms with van der Waals surface area (Å²) < 4.78 is 0. The van der Waals surface area contributed by atoms with E-state index in [9.17, 15) is 29.9 Å². The third-order valence-electron chi connectivity index (χ3n) is 4.03. The largest absolute Gasteiger partial charge is 0.508 e.